The van der Waals surface area contributed by atoms with Gasteiger partial charge in [-0.2, -0.15) is 0 Å². The van der Waals surface area contributed by atoms with Crippen molar-refractivity contribution in [1.29, 1.82) is 0 Å². The number of hydrogen-bond donors (Lipinski definition) is 1. The summed E-state index contributed by atoms with van der Waals surface area (Å²) >= 11 is 11.2. The predicted molar refractivity (Wildman–Crippen MR) is 102 cm³/mol. The summed E-state index contributed by atoms with van der Waals surface area (Å²) in [5, 5.41) is 3.04. The number of anilines is 1. The van der Waals surface area contributed by atoms with Crippen molar-refractivity contribution in [3.05, 3.63) is 59.1 Å². The Bertz CT molecular complexity index is 880. The first-order valence-electron chi connectivity index (χ1n) is 7.51. The van der Waals surface area contributed by atoms with Gasteiger partial charge in [-0.15, -0.1) is 0 Å². The van der Waals surface area contributed by atoms with E-state index in [4.69, 9.17) is 23.8 Å². The van der Waals surface area contributed by atoms with Gasteiger partial charge in [0.05, 0.1) is 16.4 Å². The summed E-state index contributed by atoms with van der Waals surface area (Å²) in [6.45, 7) is 1.95. The fourth-order valence-electron chi connectivity index (χ4n) is 2.37. The molecule has 1 aliphatic rings. The average molecular weight is 372 g/mol. The molecule has 0 radical (unpaired) electrons. The van der Waals surface area contributed by atoms with Crippen molar-refractivity contribution < 1.29 is 9.59 Å². The van der Waals surface area contributed by atoms with E-state index in [0.29, 0.717) is 16.4 Å². The molecule has 3 rings (SSSR count). The van der Waals surface area contributed by atoms with E-state index in [2.05, 4.69) is 10.3 Å². The lowest BCUT2D eigenvalue weighted by Crippen LogP contribution is -2.58. The van der Waals surface area contributed by atoms with E-state index in [9.17, 15) is 9.59 Å². The van der Waals surface area contributed by atoms with Crippen LogP contribution >= 0.6 is 23.8 Å². The minimum atomic E-state index is -1.08. The molecule has 2 amide bonds. The van der Waals surface area contributed by atoms with Gasteiger partial charge in [0, 0.05) is 6.21 Å². The molecule has 1 saturated heterocycles. The summed E-state index contributed by atoms with van der Waals surface area (Å²) in [4.78, 5) is 30.5. The maximum absolute atomic E-state index is 12.8. The Kier molecular flexibility index (Phi) is 4.92. The highest BCUT2D eigenvalue weighted by atomic mass is 35.5. The molecule has 1 atom stereocenters. The van der Waals surface area contributed by atoms with Gasteiger partial charge in [-0.05, 0) is 43.4 Å². The Morgan fingerprint density at radius 1 is 1.16 bits per heavy atom. The molecule has 1 fully saturated rings. The molecule has 1 aliphatic heterocycles. The highest BCUT2D eigenvalue weighted by molar-refractivity contribution is 7.80. The summed E-state index contributed by atoms with van der Waals surface area (Å²) < 4.78 is 0. The van der Waals surface area contributed by atoms with Gasteiger partial charge in [0.1, 0.15) is 0 Å². The van der Waals surface area contributed by atoms with Crippen molar-refractivity contribution in [2.75, 3.05) is 4.90 Å². The smallest absolute Gasteiger partial charge is 0.251 e. The molecule has 0 aromatic heterocycles. The molecule has 0 unspecified atom stereocenters. The third-order valence-electron chi connectivity index (χ3n) is 3.71. The number of carbonyl (C=O) groups is 2. The number of nitrogens with zero attached hydrogens (tertiary/aromatic N) is 2. The largest absolute Gasteiger partial charge is 0.301 e. The second-order valence-corrected chi connectivity index (χ2v) is 6.30. The van der Waals surface area contributed by atoms with Crippen LogP contribution in [0.3, 0.4) is 0 Å². The van der Waals surface area contributed by atoms with Crippen LogP contribution in [-0.2, 0) is 9.59 Å². The maximum Gasteiger partial charge on any atom is 0.251 e. The normalized spacial score (nSPS) is 17.9. The third-order valence-corrected chi connectivity index (χ3v) is 4.31. The number of amides is 2. The van der Waals surface area contributed by atoms with Crippen LogP contribution in [0.1, 0.15) is 5.56 Å². The van der Waals surface area contributed by atoms with Crippen molar-refractivity contribution in [3.8, 4) is 0 Å². The number of nitrogens with one attached hydrogen (secondary N) is 1. The molecule has 2 aromatic carbocycles. The number of rotatable bonds is 3. The topological polar surface area (TPSA) is 61.8 Å². The van der Waals surface area contributed by atoms with E-state index >= 15 is 0 Å². The summed E-state index contributed by atoms with van der Waals surface area (Å²) in [6.07, 6.45) is 1.29. The predicted octanol–water partition coefficient (Wildman–Crippen LogP) is 3.41. The van der Waals surface area contributed by atoms with E-state index in [1.54, 1.807) is 36.4 Å². The van der Waals surface area contributed by atoms with Crippen LogP contribution in [0.25, 0.3) is 0 Å². The Labute approximate surface area is 155 Å². The van der Waals surface area contributed by atoms with E-state index in [1.807, 2.05) is 19.1 Å². The first kappa shape index (κ1) is 17.3. The van der Waals surface area contributed by atoms with Gasteiger partial charge in [-0.1, -0.05) is 41.4 Å². The molecule has 126 valence electrons. The standard InChI is InChI=1S/C18H14ClN3O2S/c1-11-6-8-12(9-7-11)22-17(24)13(16(23)21-18(22)25)10-20-15-5-3-2-4-14(15)19/h2-10,13H,1H3,(H,21,23,25)/t13-/m1/s1. The molecule has 5 nitrogen and oxygen atoms in total. The Morgan fingerprint density at radius 3 is 2.52 bits per heavy atom. The lowest BCUT2D eigenvalue weighted by Gasteiger charge is -2.30. The van der Waals surface area contributed by atoms with E-state index in [1.165, 1.54) is 11.1 Å². The Morgan fingerprint density at radius 2 is 1.84 bits per heavy atom. The summed E-state index contributed by atoms with van der Waals surface area (Å²) in [5.74, 6) is -2.04. The van der Waals surface area contributed by atoms with Crippen LogP contribution in [0.2, 0.25) is 5.02 Å². The Balaban J connectivity index is 1.90. The molecule has 0 bridgehead atoms. The molecule has 25 heavy (non-hydrogen) atoms. The van der Waals surface area contributed by atoms with Crippen LogP contribution in [0, 0.1) is 12.8 Å². The van der Waals surface area contributed by atoms with E-state index in [0.717, 1.165) is 5.56 Å². The fourth-order valence-corrected chi connectivity index (χ4v) is 2.85. The minimum absolute atomic E-state index is 0.0567. The second kappa shape index (κ2) is 7.13. The van der Waals surface area contributed by atoms with Crippen molar-refractivity contribution in [2.45, 2.75) is 6.92 Å². The molecular formula is C18H14ClN3O2S. The number of halogens is 1. The van der Waals surface area contributed by atoms with Crippen molar-refractivity contribution in [3.63, 3.8) is 0 Å². The quantitative estimate of drug-likeness (QED) is 0.511. The third kappa shape index (κ3) is 3.60. The molecule has 0 spiro atoms. The number of benzene rings is 2. The highest BCUT2D eigenvalue weighted by Gasteiger charge is 2.38. The van der Waals surface area contributed by atoms with Crippen LogP contribution in [-0.4, -0.2) is 23.1 Å². The molecule has 2 aromatic rings. The van der Waals surface area contributed by atoms with Gasteiger partial charge in [0.2, 0.25) is 5.91 Å². The van der Waals surface area contributed by atoms with Gasteiger partial charge in [0.25, 0.3) is 5.91 Å². The number of hydrogen-bond acceptors (Lipinski definition) is 4. The zero-order valence-corrected chi connectivity index (χ0v) is 14.8. The lowest BCUT2D eigenvalue weighted by molar-refractivity contribution is -0.130. The maximum atomic E-state index is 12.8. The average Bonchev–Trinajstić information content (AvgIpc) is 2.57. The molecule has 1 N–H and O–H groups in total. The number of para-hydroxylation sites is 1. The monoisotopic (exact) mass is 371 g/mol. The number of aliphatic imine (C=N–C) groups is 1. The van der Waals surface area contributed by atoms with Crippen LogP contribution < -0.4 is 10.2 Å². The molecule has 1 heterocycles. The summed E-state index contributed by atoms with van der Waals surface area (Å²) in [5.41, 5.74) is 2.14. The number of aryl methyl sites for hydroxylation is 1. The first-order valence-corrected chi connectivity index (χ1v) is 8.30. The van der Waals surface area contributed by atoms with Crippen molar-refractivity contribution in [1.82, 2.24) is 5.32 Å². The van der Waals surface area contributed by atoms with Crippen LogP contribution in [0.5, 0.6) is 0 Å². The zero-order chi connectivity index (χ0) is 18.0. The number of carbonyl (C=O) groups excluding carboxylic acids is 2. The SMILES string of the molecule is Cc1ccc(N2C(=O)[C@H](C=Nc3ccccc3Cl)C(=O)NC2=S)cc1. The summed E-state index contributed by atoms with van der Waals surface area (Å²) in [7, 11) is 0. The van der Waals surface area contributed by atoms with Gasteiger partial charge in [-0.25, -0.2) is 0 Å². The van der Waals surface area contributed by atoms with Gasteiger partial charge < -0.3 is 5.32 Å². The lowest BCUT2D eigenvalue weighted by atomic mass is 10.1. The van der Waals surface area contributed by atoms with E-state index in [-0.39, 0.29) is 5.11 Å². The van der Waals surface area contributed by atoms with Gasteiger partial charge >= 0.3 is 0 Å². The molecule has 0 saturated carbocycles. The minimum Gasteiger partial charge on any atom is -0.301 e. The van der Waals surface area contributed by atoms with Gasteiger partial charge in [-0.3, -0.25) is 19.5 Å². The molecule has 0 aliphatic carbocycles. The zero-order valence-electron chi connectivity index (χ0n) is 13.3. The van der Waals surface area contributed by atoms with Crippen molar-refractivity contribution >= 4 is 58.3 Å². The summed E-state index contributed by atoms with van der Waals surface area (Å²) in [6, 6.07) is 14.2. The first-order chi connectivity index (χ1) is 12.0. The van der Waals surface area contributed by atoms with Crippen LogP contribution in [0.4, 0.5) is 11.4 Å². The van der Waals surface area contributed by atoms with Crippen molar-refractivity contribution in [2.24, 2.45) is 10.9 Å². The molecular weight excluding hydrogens is 358 g/mol. The van der Waals surface area contributed by atoms with E-state index < -0.39 is 17.7 Å². The van der Waals surface area contributed by atoms with Gasteiger partial charge in [0.15, 0.2) is 11.0 Å². The highest BCUT2D eigenvalue weighted by Crippen LogP contribution is 2.25. The number of thiocarbonyl (C=S) groups is 1. The molecule has 7 heteroatoms. The Hall–Kier alpha value is -2.57. The second-order valence-electron chi connectivity index (χ2n) is 5.51. The van der Waals surface area contributed by atoms with Crippen LogP contribution in [0.15, 0.2) is 53.5 Å². The fraction of sp³-hybridized carbons (Fsp3) is 0.111.